The number of hydrogen-bond acceptors (Lipinski definition) is 6. The first-order chi connectivity index (χ1) is 8.47. The summed E-state index contributed by atoms with van der Waals surface area (Å²) in [7, 11) is -3.72. The van der Waals surface area contributed by atoms with Crippen LogP contribution in [0.2, 0.25) is 0 Å². The van der Waals surface area contributed by atoms with Gasteiger partial charge in [-0.25, -0.2) is 13.6 Å². The van der Waals surface area contributed by atoms with Crippen molar-refractivity contribution in [2.75, 3.05) is 11.1 Å². The lowest BCUT2D eigenvalue weighted by Crippen LogP contribution is -2.13. The summed E-state index contributed by atoms with van der Waals surface area (Å²) in [5.74, 6) is 0. The van der Waals surface area contributed by atoms with Gasteiger partial charge in [-0.2, -0.15) is 0 Å². The number of aromatic nitrogens is 1. The van der Waals surface area contributed by atoms with Crippen LogP contribution in [0.25, 0.3) is 0 Å². The molecule has 2 aromatic rings. The van der Waals surface area contributed by atoms with Crippen molar-refractivity contribution in [1.29, 1.82) is 0 Å². The molecule has 0 saturated heterocycles. The van der Waals surface area contributed by atoms with E-state index >= 15 is 0 Å². The molecule has 0 aliphatic rings. The zero-order valence-corrected chi connectivity index (χ0v) is 11.0. The van der Waals surface area contributed by atoms with E-state index in [-0.39, 0.29) is 4.90 Å². The predicted molar refractivity (Wildman–Crippen MR) is 71.7 cm³/mol. The molecule has 0 atom stereocenters. The van der Waals surface area contributed by atoms with Crippen LogP contribution in [0.3, 0.4) is 0 Å². The third-order valence-corrected chi connectivity index (χ3v) is 3.98. The summed E-state index contributed by atoms with van der Waals surface area (Å²) in [5.41, 5.74) is 8.49. The first kappa shape index (κ1) is 12.8. The monoisotopic (exact) mass is 284 g/mol. The van der Waals surface area contributed by atoms with Crippen molar-refractivity contribution in [3.63, 3.8) is 0 Å². The minimum absolute atomic E-state index is 0.0310. The van der Waals surface area contributed by atoms with Gasteiger partial charge in [-0.1, -0.05) is 0 Å². The van der Waals surface area contributed by atoms with Crippen LogP contribution < -0.4 is 16.2 Å². The molecule has 8 heteroatoms. The van der Waals surface area contributed by atoms with Gasteiger partial charge in [0.1, 0.15) is 0 Å². The Morgan fingerprint density at radius 2 is 2.17 bits per heavy atom. The van der Waals surface area contributed by atoms with Gasteiger partial charge in [-0.05, 0) is 18.2 Å². The highest BCUT2D eigenvalue weighted by Gasteiger charge is 2.10. The highest BCUT2D eigenvalue weighted by atomic mass is 32.2. The minimum atomic E-state index is -3.72. The van der Waals surface area contributed by atoms with Crippen molar-refractivity contribution < 1.29 is 8.42 Å². The predicted octanol–water partition coefficient (Wildman–Crippen LogP) is 0.985. The molecule has 2 rings (SSSR count). The lowest BCUT2D eigenvalue weighted by atomic mass is 10.2. The van der Waals surface area contributed by atoms with E-state index < -0.39 is 10.0 Å². The van der Waals surface area contributed by atoms with Crippen molar-refractivity contribution >= 4 is 32.7 Å². The second-order valence-electron chi connectivity index (χ2n) is 3.62. The number of nitrogens with two attached hydrogens (primary N) is 2. The average Bonchev–Trinajstić information content (AvgIpc) is 2.79. The van der Waals surface area contributed by atoms with Crippen LogP contribution in [0.4, 0.5) is 11.4 Å². The first-order valence-electron chi connectivity index (χ1n) is 5.00. The average molecular weight is 284 g/mol. The summed E-state index contributed by atoms with van der Waals surface area (Å²) >= 11 is 1.50. The van der Waals surface area contributed by atoms with Crippen LogP contribution in [-0.4, -0.2) is 13.4 Å². The Morgan fingerprint density at radius 3 is 2.78 bits per heavy atom. The molecule has 18 heavy (non-hydrogen) atoms. The van der Waals surface area contributed by atoms with Crippen molar-refractivity contribution in [2.24, 2.45) is 5.14 Å². The summed E-state index contributed by atoms with van der Waals surface area (Å²) < 4.78 is 22.5. The molecule has 96 valence electrons. The number of nitrogen functional groups attached to an aromatic ring is 1. The van der Waals surface area contributed by atoms with Gasteiger partial charge in [0.05, 0.1) is 28.3 Å². The second kappa shape index (κ2) is 4.92. The molecule has 0 spiro atoms. The summed E-state index contributed by atoms with van der Waals surface area (Å²) in [6, 6.07) is 4.31. The van der Waals surface area contributed by atoms with Gasteiger partial charge < -0.3 is 11.1 Å². The van der Waals surface area contributed by atoms with Crippen molar-refractivity contribution in [1.82, 2.24) is 4.98 Å². The Labute approximate surface area is 109 Å². The van der Waals surface area contributed by atoms with Gasteiger partial charge in [0.2, 0.25) is 10.0 Å². The molecule has 5 N–H and O–H groups in total. The Kier molecular flexibility index (Phi) is 3.50. The van der Waals surface area contributed by atoms with Crippen LogP contribution in [0.5, 0.6) is 0 Å². The maximum absolute atomic E-state index is 11.2. The third-order valence-electron chi connectivity index (χ3n) is 2.29. The van der Waals surface area contributed by atoms with Crippen molar-refractivity contribution in [3.05, 3.63) is 34.8 Å². The number of rotatable bonds is 4. The van der Waals surface area contributed by atoms with E-state index in [4.69, 9.17) is 10.9 Å². The number of benzene rings is 1. The van der Waals surface area contributed by atoms with Gasteiger partial charge >= 0.3 is 0 Å². The van der Waals surface area contributed by atoms with E-state index in [2.05, 4.69) is 10.3 Å². The van der Waals surface area contributed by atoms with Crippen LogP contribution in [-0.2, 0) is 16.6 Å². The fourth-order valence-electron chi connectivity index (χ4n) is 1.38. The van der Waals surface area contributed by atoms with Crippen LogP contribution >= 0.6 is 11.3 Å². The molecule has 0 saturated carbocycles. The molecule has 0 fully saturated rings. The number of hydrogen-bond donors (Lipinski definition) is 3. The van der Waals surface area contributed by atoms with E-state index in [1.165, 1.54) is 29.5 Å². The Bertz CT molecular complexity index is 638. The number of thiazole rings is 1. The zero-order chi connectivity index (χ0) is 13.2. The summed E-state index contributed by atoms with van der Waals surface area (Å²) in [6.07, 6.45) is 1.73. The number of nitrogens with one attached hydrogen (secondary N) is 1. The molecule has 1 aromatic carbocycles. The van der Waals surface area contributed by atoms with Gasteiger partial charge in [-0.15, -0.1) is 11.3 Å². The summed E-state index contributed by atoms with van der Waals surface area (Å²) in [4.78, 5) is 5.00. The molecule has 1 aromatic heterocycles. The van der Waals surface area contributed by atoms with Crippen molar-refractivity contribution in [3.8, 4) is 0 Å². The SMILES string of the molecule is Nc1ccc(S(N)(=O)=O)cc1NCc1cncs1. The highest BCUT2D eigenvalue weighted by molar-refractivity contribution is 7.89. The molecule has 1 heterocycles. The number of nitrogens with zero attached hydrogens (tertiary/aromatic N) is 1. The maximum Gasteiger partial charge on any atom is 0.238 e. The number of primary sulfonamides is 1. The normalized spacial score (nSPS) is 11.4. The van der Waals surface area contributed by atoms with Crippen molar-refractivity contribution in [2.45, 2.75) is 11.4 Å². The lowest BCUT2D eigenvalue weighted by Gasteiger charge is -2.09. The van der Waals surface area contributed by atoms with Gasteiger partial charge in [0, 0.05) is 11.1 Å². The largest absolute Gasteiger partial charge is 0.397 e. The molecule has 0 unspecified atom stereocenters. The second-order valence-corrected chi connectivity index (χ2v) is 6.15. The molecule has 0 amide bonds. The topological polar surface area (TPSA) is 111 Å². The molecular weight excluding hydrogens is 272 g/mol. The molecule has 0 aliphatic carbocycles. The molecule has 0 bridgehead atoms. The quantitative estimate of drug-likeness (QED) is 0.725. The Balaban J connectivity index is 2.22. The van der Waals surface area contributed by atoms with E-state index in [1.807, 2.05) is 0 Å². The number of sulfonamides is 1. The summed E-state index contributed by atoms with van der Waals surface area (Å²) in [6.45, 7) is 0.531. The van der Waals surface area contributed by atoms with E-state index in [9.17, 15) is 8.42 Å². The third kappa shape index (κ3) is 2.97. The van der Waals surface area contributed by atoms with Crippen LogP contribution in [0.15, 0.2) is 34.8 Å². The first-order valence-corrected chi connectivity index (χ1v) is 7.43. The van der Waals surface area contributed by atoms with Crippen LogP contribution in [0.1, 0.15) is 4.88 Å². The lowest BCUT2D eigenvalue weighted by molar-refractivity contribution is 0.598. The van der Waals surface area contributed by atoms with E-state index in [0.717, 1.165) is 4.88 Å². The fourth-order valence-corrected chi connectivity index (χ4v) is 2.45. The highest BCUT2D eigenvalue weighted by Crippen LogP contribution is 2.23. The smallest absolute Gasteiger partial charge is 0.238 e. The van der Waals surface area contributed by atoms with E-state index in [1.54, 1.807) is 11.7 Å². The summed E-state index contributed by atoms with van der Waals surface area (Å²) in [5, 5.41) is 8.12. The molecular formula is C10H12N4O2S2. The molecule has 0 aliphatic heterocycles. The Hall–Kier alpha value is -1.64. The minimum Gasteiger partial charge on any atom is -0.397 e. The number of anilines is 2. The fraction of sp³-hybridized carbons (Fsp3) is 0.100. The van der Waals surface area contributed by atoms with Gasteiger partial charge in [-0.3, -0.25) is 4.98 Å². The zero-order valence-electron chi connectivity index (χ0n) is 9.33. The standard InChI is InChI=1S/C10H12N4O2S2/c11-9-2-1-8(18(12,15)16)3-10(9)14-5-7-4-13-6-17-7/h1-4,6,14H,5,11H2,(H2,12,15,16). The Morgan fingerprint density at radius 1 is 1.39 bits per heavy atom. The molecule has 6 nitrogen and oxygen atoms in total. The molecule has 0 radical (unpaired) electrons. The maximum atomic E-state index is 11.2. The van der Waals surface area contributed by atoms with Crippen LogP contribution in [0, 0.1) is 0 Å². The van der Waals surface area contributed by atoms with E-state index in [0.29, 0.717) is 17.9 Å². The van der Waals surface area contributed by atoms with Gasteiger partial charge in [0.25, 0.3) is 0 Å². The van der Waals surface area contributed by atoms with Gasteiger partial charge in [0.15, 0.2) is 0 Å².